The molecule has 0 amide bonds. The highest BCUT2D eigenvalue weighted by atomic mass is 15.0. The fourth-order valence-electron chi connectivity index (χ4n) is 7.23. The van der Waals surface area contributed by atoms with Gasteiger partial charge in [0, 0.05) is 57.8 Å². The molecule has 0 saturated heterocycles. The van der Waals surface area contributed by atoms with Crippen molar-refractivity contribution in [2.24, 2.45) is 0 Å². The summed E-state index contributed by atoms with van der Waals surface area (Å²) < 4.78 is 2.31. The molecule has 0 fully saturated rings. The van der Waals surface area contributed by atoms with Crippen molar-refractivity contribution in [1.82, 2.24) is 19.5 Å². The average Bonchev–Trinajstić information content (AvgIpc) is 3.57. The van der Waals surface area contributed by atoms with Gasteiger partial charge in [0.05, 0.1) is 22.4 Å². The smallest absolute Gasteiger partial charge is 0.0886 e. The van der Waals surface area contributed by atoms with Crippen molar-refractivity contribution < 1.29 is 0 Å². The molecule has 218 valence electrons. The Balaban J connectivity index is 1.01. The van der Waals surface area contributed by atoms with Crippen LogP contribution in [0.1, 0.15) is 25.0 Å². The molecular formula is C42H30N4. The zero-order valence-electron chi connectivity index (χ0n) is 25.6. The van der Waals surface area contributed by atoms with Gasteiger partial charge in [-0.25, -0.2) is 0 Å². The molecular weight excluding hydrogens is 560 g/mol. The lowest BCUT2D eigenvalue weighted by atomic mass is 9.81. The van der Waals surface area contributed by atoms with E-state index in [-0.39, 0.29) is 5.41 Å². The fraction of sp³-hybridized carbons (Fsp3) is 0.0714. The first-order valence-corrected chi connectivity index (χ1v) is 15.7. The van der Waals surface area contributed by atoms with Gasteiger partial charge in [0.15, 0.2) is 0 Å². The molecule has 0 saturated carbocycles. The standard InChI is InChI=1S/C42H30N4/c1-42(2)36-12-5-3-10-32(36)33-17-14-28(23-37(33)42)30-16-19-39(45-25-30)38-18-15-29(24-44-38)27-8-7-9-31(22-27)46-40-13-6-4-11-34(40)35-26-43-21-20-41(35)46/h3-26H,1-2H3. The van der Waals surface area contributed by atoms with Crippen LogP contribution in [0.4, 0.5) is 0 Å². The zero-order chi connectivity index (χ0) is 30.8. The van der Waals surface area contributed by atoms with Crippen LogP contribution in [-0.4, -0.2) is 19.5 Å². The quantitative estimate of drug-likeness (QED) is 0.205. The molecule has 4 nitrogen and oxygen atoms in total. The summed E-state index contributed by atoms with van der Waals surface area (Å²) in [5.41, 5.74) is 15.0. The minimum Gasteiger partial charge on any atom is -0.309 e. The zero-order valence-corrected chi connectivity index (χ0v) is 25.6. The summed E-state index contributed by atoms with van der Waals surface area (Å²) in [6, 6.07) is 43.2. The first-order valence-electron chi connectivity index (χ1n) is 15.7. The van der Waals surface area contributed by atoms with Crippen LogP contribution in [0.3, 0.4) is 0 Å². The Morgan fingerprint density at radius 3 is 1.96 bits per heavy atom. The molecule has 4 aromatic heterocycles. The lowest BCUT2D eigenvalue weighted by molar-refractivity contribution is 0.660. The van der Waals surface area contributed by atoms with Gasteiger partial charge in [-0.15, -0.1) is 0 Å². The van der Waals surface area contributed by atoms with Crippen molar-refractivity contribution >= 4 is 21.8 Å². The average molecular weight is 591 g/mol. The van der Waals surface area contributed by atoms with Gasteiger partial charge >= 0.3 is 0 Å². The highest BCUT2D eigenvalue weighted by Gasteiger charge is 2.35. The maximum Gasteiger partial charge on any atom is 0.0886 e. The predicted molar refractivity (Wildman–Crippen MR) is 188 cm³/mol. The van der Waals surface area contributed by atoms with Gasteiger partial charge in [0.25, 0.3) is 0 Å². The van der Waals surface area contributed by atoms with Crippen molar-refractivity contribution in [3.63, 3.8) is 0 Å². The summed E-state index contributed by atoms with van der Waals surface area (Å²) in [5, 5.41) is 2.35. The van der Waals surface area contributed by atoms with Crippen LogP contribution in [0.15, 0.2) is 146 Å². The number of rotatable bonds is 4. The van der Waals surface area contributed by atoms with Crippen LogP contribution >= 0.6 is 0 Å². The third-order valence-electron chi connectivity index (χ3n) is 9.62. The van der Waals surface area contributed by atoms with Crippen LogP contribution in [0.5, 0.6) is 0 Å². The molecule has 1 aliphatic carbocycles. The highest BCUT2D eigenvalue weighted by molar-refractivity contribution is 6.08. The van der Waals surface area contributed by atoms with Gasteiger partial charge in [-0.2, -0.15) is 0 Å². The third-order valence-corrected chi connectivity index (χ3v) is 9.62. The van der Waals surface area contributed by atoms with E-state index in [9.17, 15) is 0 Å². The predicted octanol–water partition coefficient (Wildman–Crippen LogP) is 10.3. The van der Waals surface area contributed by atoms with Crippen molar-refractivity contribution in [3.8, 4) is 50.5 Å². The van der Waals surface area contributed by atoms with E-state index < -0.39 is 0 Å². The number of pyridine rings is 3. The summed E-state index contributed by atoms with van der Waals surface area (Å²) in [5.74, 6) is 0. The summed E-state index contributed by atoms with van der Waals surface area (Å²) in [4.78, 5) is 14.1. The van der Waals surface area contributed by atoms with E-state index in [2.05, 4.69) is 145 Å². The van der Waals surface area contributed by atoms with Gasteiger partial charge < -0.3 is 4.57 Å². The van der Waals surface area contributed by atoms with Crippen LogP contribution in [0.25, 0.3) is 72.3 Å². The van der Waals surface area contributed by atoms with E-state index in [0.29, 0.717) is 0 Å². The van der Waals surface area contributed by atoms with Crippen LogP contribution in [0, 0.1) is 0 Å². The molecule has 1 aliphatic rings. The van der Waals surface area contributed by atoms with Crippen molar-refractivity contribution in [2.75, 3.05) is 0 Å². The summed E-state index contributed by atoms with van der Waals surface area (Å²) in [6.45, 7) is 4.63. The molecule has 8 aromatic rings. The molecule has 0 spiro atoms. The highest BCUT2D eigenvalue weighted by Crippen LogP contribution is 2.49. The van der Waals surface area contributed by atoms with Gasteiger partial charge in [0.1, 0.15) is 0 Å². The minimum absolute atomic E-state index is 0.0264. The Kier molecular flexibility index (Phi) is 5.81. The largest absolute Gasteiger partial charge is 0.309 e. The Morgan fingerprint density at radius 2 is 1.17 bits per heavy atom. The molecule has 0 N–H and O–H groups in total. The number of para-hydroxylation sites is 1. The number of hydrogen-bond acceptors (Lipinski definition) is 3. The van der Waals surface area contributed by atoms with E-state index in [1.807, 2.05) is 24.8 Å². The molecule has 4 heterocycles. The molecule has 0 unspecified atom stereocenters. The van der Waals surface area contributed by atoms with Crippen molar-refractivity contribution in [2.45, 2.75) is 19.3 Å². The Morgan fingerprint density at radius 1 is 0.500 bits per heavy atom. The molecule has 46 heavy (non-hydrogen) atoms. The monoisotopic (exact) mass is 590 g/mol. The van der Waals surface area contributed by atoms with E-state index in [4.69, 9.17) is 9.97 Å². The van der Waals surface area contributed by atoms with Crippen LogP contribution in [0.2, 0.25) is 0 Å². The number of hydrogen-bond donors (Lipinski definition) is 0. The molecule has 4 aromatic carbocycles. The van der Waals surface area contributed by atoms with Gasteiger partial charge in [-0.05, 0) is 75.8 Å². The van der Waals surface area contributed by atoms with Crippen LogP contribution in [-0.2, 0) is 5.41 Å². The maximum atomic E-state index is 4.83. The number of aromatic nitrogens is 4. The first kappa shape index (κ1) is 26.5. The Labute approximate surface area is 267 Å². The van der Waals surface area contributed by atoms with Gasteiger partial charge in [-0.1, -0.05) is 92.7 Å². The van der Waals surface area contributed by atoms with E-state index >= 15 is 0 Å². The summed E-state index contributed by atoms with van der Waals surface area (Å²) >= 11 is 0. The number of fused-ring (bicyclic) bond motifs is 6. The maximum absolute atomic E-state index is 4.83. The number of benzene rings is 4. The molecule has 0 bridgehead atoms. The second kappa shape index (κ2) is 10.1. The van der Waals surface area contributed by atoms with Crippen LogP contribution < -0.4 is 0 Å². The number of nitrogens with zero attached hydrogens (tertiary/aromatic N) is 4. The van der Waals surface area contributed by atoms with E-state index in [1.54, 1.807) is 0 Å². The Hall–Kier alpha value is -5.87. The van der Waals surface area contributed by atoms with Gasteiger partial charge in [-0.3, -0.25) is 15.0 Å². The van der Waals surface area contributed by atoms with Crippen molar-refractivity contribution in [1.29, 1.82) is 0 Å². The lowest BCUT2D eigenvalue weighted by Gasteiger charge is -2.22. The van der Waals surface area contributed by atoms with Crippen molar-refractivity contribution in [3.05, 3.63) is 157 Å². The lowest BCUT2D eigenvalue weighted by Crippen LogP contribution is -2.14. The molecule has 9 rings (SSSR count). The fourth-order valence-corrected chi connectivity index (χ4v) is 7.23. The molecule has 0 radical (unpaired) electrons. The normalized spacial score (nSPS) is 13.2. The first-order chi connectivity index (χ1) is 22.6. The SMILES string of the molecule is CC1(C)c2ccccc2-c2ccc(-c3ccc(-c4ccc(-c5cccc(-n6c7ccccc7c7cnccc76)c5)cn4)nc3)cc21. The summed E-state index contributed by atoms with van der Waals surface area (Å²) in [7, 11) is 0. The third kappa shape index (κ3) is 4.04. The van der Waals surface area contributed by atoms with Gasteiger partial charge in [0.2, 0.25) is 0 Å². The topological polar surface area (TPSA) is 43.6 Å². The Bertz CT molecular complexity index is 2380. The second-order valence-corrected chi connectivity index (χ2v) is 12.6. The molecule has 0 aliphatic heterocycles. The minimum atomic E-state index is -0.0264. The van der Waals surface area contributed by atoms with E-state index in [1.165, 1.54) is 38.7 Å². The van der Waals surface area contributed by atoms with E-state index in [0.717, 1.165) is 44.7 Å². The second-order valence-electron chi connectivity index (χ2n) is 12.6. The summed E-state index contributed by atoms with van der Waals surface area (Å²) in [6.07, 6.45) is 7.72. The molecule has 4 heteroatoms. The molecule has 0 atom stereocenters.